The summed E-state index contributed by atoms with van der Waals surface area (Å²) >= 11 is 0. The summed E-state index contributed by atoms with van der Waals surface area (Å²) in [6.07, 6.45) is 11.1. The Morgan fingerprint density at radius 3 is 2.95 bits per heavy atom. The highest BCUT2D eigenvalue weighted by atomic mass is 15.2. The Bertz CT molecular complexity index is 469. The van der Waals surface area contributed by atoms with E-state index in [-0.39, 0.29) is 0 Å². The highest BCUT2D eigenvalue weighted by Gasteiger charge is 2.27. The van der Waals surface area contributed by atoms with Crippen LogP contribution in [0.5, 0.6) is 0 Å². The van der Waals surface area contributed by atoms with Gasteiger partial charge in [-0.3, -0.25) is 4.90 Å². The second kappa shape index (κ2) is 6.83. The van der Waals surface area contributed by atoms with E-state index in [4.69, 9.17) is 5.73 Å². The van der Waals surface area contributed by atoms with Gasteiger partial charge in [-0.25, -0.2) is 0 Å². The van der Waals surface area contributed by atoms with Crippen LogP contribution >= 0.6 is 0 Å². The first-order chi connectivity index (χ1) is 10.3. The number of anilines is 1. The van der Waals surface area contributed by atoms with E-state index in [1.54, 1.807) is 0 Å². The molecule has 2 N–H and O–H groups in total. The predicted octanol–water partition coefficient (Wildman–Crippen LogP) is 4.38. The van der Waals surface area contributed by atoms with E-state index in [2.05, 4.69) is 30.0 Å². The predicted molar refractivity (Wildman–Crippen MR) is 90.2 cm³/mol. The Hall–Kier alpha value is -1.02. The quantitative estimate of drug-likeness (QED) is 0.660. The molecule has 2 atom stereocenters. The van der Waals surface area contributed by atoms with Crippen LogP contribution < -0.4 is 5.73 Å². The van der Waals surface area contributed by atoms with Gasteiger partial charge in [-0.15, -0.1) is 0 Å². The molecule has 0 saturated heterocycles. The third-order valence-electron chi connectivity index (χ3n) is 5.61. The van der Waals surface area contributed by atoms with Crippen molar-refractivity contribution in [1.29, 1.82) is 0 Å². The summed E-state index contributed by atoms with van der Waals surface area (Å²) < 4.78 is 0. The number of hydrogen-bond donors (Lipinski definition) is 1. The summed E-state index contributed by atoms with van der Waals surface area (Å²) in [5.74, 6) is 0.988. The smallest absolute Gasteiger partial charge is 0.0362 e. The van der Waals surface area contributed by atoms with Crippen molar-refractivity contribution in [3.8, 4) is 0 Å². The molecule has 3 rings (SSSR count). The van der Waals surface area contributed by atoms with Crippen molar-refractivity contribution in [2.75, 3.05) is 12.3 Å². The minimum Gasteiger partial charge on any atom is -0.398 e. The number of benzene rings is 1. The Balaban J connectivity index is 1.64. The largest absolute Gasteiger partial charge is 0.398 e. The number of fused-ring (bicyclic) bond motifs is 1. The second-order valence-electron chi connectivity index (χ2n) is 7.02. The van der Waals surface area contributed by atoms with Gasteiger partial charge in [0.2, 0.25) is 0 Å². The lowest BCUT2D eigenvalue weighted by Gasteiger charge is -2.36. The molecule has 1 fully saturated rings. The fourth-order valence-corrected chi connectivity index (χ4v) is 4.36. The first-order valence-electron chi connectivity index (χ1n) is 8.88. The molecule has 1 aromatic rings. The lowest BCUT2D eigenvalue weighted by atomic mass is 9.94. The molecular weight excluding hydrogens is 256 g/mol. The summed E-state index contributed by atoms with van der Waals surface area (Å²) in [6, 6.07) is 7.21. The van der Waals surface area contributed by atoms with Crippen molar-refractivity contribution in [3.05, 3.63) is 29.3 Å². The zero-order valence-electron chi connectivity index (χ0n) is 13.5. The van der Waals surface area contributed by atoms with Gasteiger partial charge < -0.3 is 5.73 Å². The Labute approximate surface area is 129 Å². The molecule has 1 heterocycles. The average molecular weight is 286 g/mol. The molecule has 1 aliphatic heterocycles. The molecule has 0 bridgehead atoms. The van der Waals surface area contributed by atoms with Crippen LogP contribution in [0.15, 0.2) is 18.2 Å². The number of nitrogens with zero attached hydrogens (tertiary/aromatic N) is 1. The van der Waals surface area contributed by atoms with E-state index >= 15 is 0 Å². The molecule has 2 nitrogen and oxygen atoms in total. The van der Waals surface area contributed by atoms with Gasteiger partial charge in [0, 0.05) is 24.8 Å². The SMILES string of the molecule is CCCC1CCCC(N2CCc3cccc(N)c3C2)CC1. The van der Waals surface area contributed by atoms with Gasteiger partial charge in [0.15, 0.2) is 0 Å². The van der Waals surface area contributed by atoms with Crippen molar-refractivity contribution in [3.63, 3.8) is 0 Å². The maximum absolute atomic E-state index is 6.20. The third kappa shape index (κ3) is 3.42. The molecule has 2 heteroatoms. The van der Waals surface area contributed by atoms with Crippen LogP contribution in [0, 0.1) is 5.92 Å². The molecule has 0 amide bonds. The maximum atomic E-state index is 6.20. The highest BCUT2D eigenvalue weighted by Crippen LogP contribution is 2.32. The second-order valence-corrected chi connectivity index (χ2v) is 7.02. The topological polar surface area (TPSA) is 29.3 Å². The van der Waals surface area contributed by atoms with Gasteiger partial charge in [0.05, 0.1) is 0 Å². The lowest BCUT2D eigenvalue weighted by molar-refractivity contribution is 0.161. The summed E-state index contributed by atoms with van der Waals surface area (Å²) in [7, 11) is 0. The molecule has 2 aliphatic rings. The molecule has 1 aromatic carbocycles. The molecule has 21 heavy (non-hydrogen) atoms. The van der Waals surface area contributed by atoms with Crippen LogP contribution in [0.3, 0.4) is 0 Å². The first kappa shape index (κ1) is 14.9. The normalized spacial score (nSPS) is 27.1. The van der Waals surface area contributed by atoms with Gasteiger partial charge in [-0.1, -0.05) is 44.7 Å². The Morgan fingerprint density at radius 1 is 1.19 bits per heavy atom. The third-order valence-corrected chi connectivity index (χ3v) is 5.61. The van der Waals surface area contributed by atoms with Gasteiger partial charge >= 0.3 is 0 Å². The van der Waals surface area contributed by atoms with Gasteiger partial charge in [0.25, 0.3) is 0 Å². The van der Waals surface area contributed by atoms with Crippen molar-refractivity contribution in [1.82, 2.24) is 4.90 Å². The number of nitrogens with two attached hydrogens (primary N) is 1. The van der Waals surface area contributed by atoms with Crippen LogP contribution in [0.2, 0.25) is 0 Å². The van der Waals surface area contributed by atoms with Crippen LogP contribution in [0.4, 0.5) is 5.69 Å². The number of rotatable bonds is 3. The first-order valence-corrected chi connectivity index (χ1v) is 8.88. The Kier molecular flexibility index (Phi) is 4.84. The fourth-order valence-electron chi connectivity index (χ4n) is 4.36. The van der Waals surface area contributed by atoms with Crippen LogP contribution in [-0.4, -0.2) is 17.5 Å². The number of hydrogen-bond acceptors (Lipinski definition) is 2. The van der Waals surface area contributed by atoms with E-state index in [0.29, 0.717) is 0 Å². The Morgan fingerprint density at radius 2 is 2.10 bits per heavy atom. The van der Waals surface area contributed by atoms with Crippen molar-refractivity contribution < 1.29 is 0 Å². The van der Waals surface area contributed by atoms with Crippen molar-refractivity contribution in [2.24, 2.45) is 5.92 Å². The molecule has 0 radical (unpaired) electrons. The molecule has 2 unspecified atom stereocenters. The molecule has 0 aromatic heterocycles. The molecular formula is C19H30N2. The molecule has 1 aliphatic carbocycles. The summed E-state index contributed by atoms with van der Waals surface area (Å²) in [6.45, 7) is 4.62. The van der Waals surface area contributed by atoms with Crippen LogP contribution in [0.1, 0.15) is 63.0 Å². The monoisotopic (exact) mass is 286 g/mol. The summed E-state index contributed by atoms with van der Waals surface area (Å²) in [5.41, 5.74) is 10.1. The zero-order chi connectivity index (χ0) is 14.7. The summed E-state index contributed by atoms with van der Waals surface area (Å²) in [5, 5.41) is 0. The minimum atomic E-state index is 0.791. The van der Waals surface area contributed by atoms with E-state index in [1.165, 1.54) is 69.0 Å². The van der Waals surface area contributed by atoms with E-state index in [1.807, 2.05) is 0 Å². The van der Waals surface area contributed by atoms with Crippen LogP contribution in [0.25, 0.3) is 0 Å². The van der Waals surface area contributed by atoms with E-state index < -0.39 is 0 Å². The maximum Gasteiger partial charge on any atom is 0.0362 e. The average Bonchev–Trinajstić information content (AvgIpc) is 2.74. The van der Waals surface area contributed by atoms with Gasteiger partial charge in [-0.05, 0) is 48.8 Å². The van der Waals surface area contributed by atoms with Crippen molar-refractivity contribution >= 4 is 5.69 Å². The fraction of sp³-hybridized carbons (Fsp3) is 0.684. The molecule has 116 valence electrons. The van der Waals surface area contributed by atoms with Gasteiger partial charge in [0.1, 0.15) is 0 Å². The highest BCUT2D eigenvalue weighted by molar-refractivity contribution is 5.51. The standard InChI is InChI=1S/C19H30N2/c1-2-5-15-6-3-8-17(11-10-15)21-13-12-16-7-4-9-19(20)18(16)14-21/h4,7,9,15,17H,2-3,5-6,8,10-14,20H2,1H3. The summed E-state index contributed by atoms with van der Waals surface area (Å²) in [4.78, 5) is 2.72. The lowest BCUT2D eigenvalue weighted by Crippen LogP contribution is -2.39. The van der Waals surface area contributed by atoms with Crippen LogP contribution in [-0.2, 0) is 13.0 Å². The minimum absolute atomic E-state index is 0.791. The number of nitrogen functional groups attached to an aromatic ring is 1. The molecule has 0 spiro atoms. The van der Waals surface area contributed by atoms with Crippen molar-refractivity contribution in [2.45, 2.75) is 70.9 Å². The zero-order valence-corrected chi connectivity index (χ0v) is 13.5. The van der Waals surface area contributed by atoms with E-state index in [0.717, 1.165) is 24.2 Å². The molecule has 1 saturated carbocycles. The van der Waals surface area contributed by atoms with Gasteiger partial charge in [-0.2, -0.15) is 0 Å². The van der Waals surface area contributed by atoms with E-state index in [9.17, 15) is 0 Å².